The minimum Gasteiger partial charge on any atom is -0.494 e. The van der Waals surface area contributed by atoms with Crippen LogP contribution >= 0.6 is 23.2 Å². The number of hydrogen-bond donors (Lipinski definition) is 2. The fourth-order valence-electron chi connectivity index (χ4n) is 1.08. The molecular weight excluding hydrogens is 251 g/mol. The third-order valence-electron chi connectivity index (χ3n) is 1.88. The van der Waals surface area contributed by atoms with Crippen LogP contribution < -0.4 is 15.8 Å². The van der Waals surface area contributed by atoms with Crippen molar-refractivity contribution in [2.75, 3.05) is 12.4 Å². The van der Waals surface area contributed by atoms with Gasteiger partial charge in [0.15, 0.2) is 5.75 Å². The van der Waals surface area contributed by atoms with Crippen LogP contribution in [-0.4, -0.2) is 19.1 Å². The number of nitrogens with two attached hydrogens (primary N) is 1. The SMILES string of the molecule is COc1c(Cl)cc(NC(=O)[C@@H](C)N)cc1Cl. The molecule has 0 aliphatic rings. The van der Waals surface area contributed by atoms with Gasteiger partial charge < -0.3 is 15.8 Å². The van der Waals surface area contributed by atoms with Crippen LogP contribution in [0.25, 0.3) is 0 Å². The molecule has 1 atom stereocenters. The highest BCUT2D eigenvalue weighted by molar-refractivity contribution is 6.37. The van der Waals surface area contributed by atoms with Crippen LogP contribution in [0.2, 0.25) is 10.0 Å². The summed E-state index contributed by atoms with van der Waals surface area (Å²) in [5.41, 5.74) is 5.90. The molecule has 16 heavy (non-hydrogen) atoms. The number of methoxy groups -OCH3 is 1. The Hall–Kier alpha value is -0.970. The zero-order valence-corrected chi connectivity index (χ0v) is 10.4. The predicted octanol–water partition coefficient (Wildman–Crippen LogP) is 2.29. The van der Waals surface area contributed by atoms with E-state index in [1.807, 2.05) is 0 Å². The zero-order valence-electron chi connectivity index (χ0n) is 8.88. The quantitative estimate of drug-likeness (QED) is 0.879. The first-order chi connectivity index (χ1) is 7.45. The van der Waals surface area contributed by atoms with Gasteiger partial charge in [-0.1, -0.05) is 23.2 Å². The average Bonchev–Trinajstić information content (AvgIpc) is 2.16. The molecule has 0 aromatic heterocycles. The van der Waals surface area contributed by atoms with Crippen molar-refractivity contribution in [2.45, 2.75) is 13.0 Å². The fraction of sp³-hybridized carbons (Fsp3) is 0.300. The second-order valence-electron chi connectivity index (χ2n) is 3.25. The number of anilines is 1. The number of carbonyl (C=O) groups is 1. The largest absolute Gasteiger partial charge is 0.494 e. The van der Waals surface area contributed by atoms with Gasteiger partial charge in [-0.25, -0.2) is 0 Å². The lowest BCUT2D eigenvalue weighted by Crippen LogP contribution is -2.32. The first-order valence-electron chi connectivity index (χ1n) is 4.55. The minimum atomic E-state index is -0.598. The third kappa shape index (κ3) is 3.01. The lowest BCUT2D eigenvalue weighted by Gasteiger charge is -2.11. The normalized spacial score (nSPS) is 12.1. The van der Waals surface area contributed by atoms with Gasteiger partial charge in [0.1, 0.15) is 0 Å². The number of nitrogens with one attached hydrogen (secondary N) is 1. The van der Waals surface area contributed by atoms with Gasteiger partial charge >= 0.3 is 0 Å². The average molecular weight is 263 g/mol. The van der Waals surface area contributed by atoms with Crippen molar-refractivity contribution in [1.82, 2.24) is 0 Å². The molecule has 0 radical (unpaired) electrons. The highest BCUT2D eigenvalue weighted by atomic mass is 35.5. The summed E-state index contributed by atoms with van der Waals surface area (Å²) >= 11 is 11.8. The van der Waals surface area contributed by atoms with Gasteiger partial charge in [0.25, 0.3) is 0 Å². The molecule has 4 nitrogen and oxygen atoms in total. The zero-order chi connectivity index (χ0) is 12.3. The topological polar surface area (TPSA) is 64.3 Å². The van der Waals surface area contributed by atoms with Gasteiger partial charge in [-0.2, -0.15) is 0 Å². The number of carbonyl (C=O) groups excluding carboxylic acids is 1. The summed E-state index contributed by atoms with van der Waals surface area (Å²) in [5, 5.41) is 3.24. The fourth-order valence-corrected chi connectivity index (χ4v) is 1.72. The van der Waals surface area contributed by atoms with E-state index in [4.69, 9.17) is 33.7 Å². The highest BCUT2D eigenvalue weighted by Crippen LogP contribution is 2.35. The van der Waals surface area contributed by atoms with E-state index in [9.17, 15) is 4.79 Å². The molecule has 88 valence electrons. The number of rotatable bonds is 3. The van der Waals surface area contributed by atoms with E-state index in [1.54, 1.807) is 19.1 Å². The van der Waals surface area contributed by atoms with Gasteiger partial charge in [0.2, 0.25) is 5.91 Å². The van der Waals surface area contributed by atoms with E-state index < -0.39 is 6.04 Å². The molecule has 0 aliphatic heterocycles. The Kier molecular flexibility index (Phi) is 4.41. The Morgan fingerprint density at radius 2 is 1.94 bits per heavy atom. The Bertz CT molecular complexity index is 385. The summed E-state index contributed by atoms with van der Waals surface area (Å²) in [6.07, 6.45) is 0. The van der Waals surface area contributed by atoms with Gasteiger partial charge in [-0.05, 0) is 19.1 Å². The molecule has 1 rings (SSSR count). The molecule has 1 amide bonds. The van der Waals surface area contributed by atoms with Crippen LogP contribution in [0.15, 0.2) is 12.1 Å². The maximum absolute atomic E-state index is 11.3. The molecule has 0 saturated carbocycles. The molecule has 1 aromatic rings. The molecule has 0 saturated heterocycles. The number of benzene rings is 1. The van der Waals surface area contributed by atoms with Crippen molar-refractivity contribution in [1.29, 1.82) is 0 Å². The molecule has 0 fully saturated rings. The van der Waals surface area contributed by atoms with Gasteiger partial charge in [0.05, 0.1) is 23.2 Å². The second-order valence-corrected chi connectivity index (χ2v) is 4.07. The second kappa shape index (κ2) is 5.39. The summed E-state index contributed by atoms with van der Waals surface area (Å²) in [7, 11) is 1.47. The van der Waals surface area contributed by atoms with E-state index in [2.05, 4.69) is 5.32 Å². The first kappa shape index (κ1) is 13.1. The van der Waals surface area contributed by atoms with E-state index in [0.717, 1.165) is 0 Å². The van der Waals surface area contributed by atoms with Crippen LogP contribution in [0.3, 0.4) is 0 Å². The van der Waals surface area contributed by atoms with Crippen LogP contribution in [-0.2, 0) is 4.79 Å². The molecule has 3 N–H and O–H groups in total. The van der Waals surface area contributed by atoms with Crippen molar-refractivity contribution in [3.8, 4) is 5.75 Å². The summed E-state index contributed by atoms with van der Waals surface area (Å²) in [6, 6.07) is 2.50. The molecule has 0 aliphatic carbocycles. The molecular formula is C10H12Cl2N2O2. The number of amides is 1. The molecule has 0 bridgehead atoms. The summed E-state index contributed by atoms with van der Waals surface area (Å²) in [5.74, 6) is 0.0689. The lowest BCUT2D eigenvalue weighted by molar-refractivity contribution is -0.117. The third-order valence-corrected chi connectivity index (χ3v) is 2.45. The van der Waals surface area contributed by atoms with Gasteiger partial charge in [-0.3, -0.25) is 4.79 Å². The highest BCUT2D eigenvalue weighted by Gasteiger charge is 2.12. The molecule has 1 aromatic carbocycles. The molecule has 0 heterocycles. The van der Waals surface area contributed by atoms with Crippen LogP contribution in [0, 0.1) is 0 Å². The number of halogens is 2. The van der Waals surface area contributed by atoms with Crippen molar-refractivity contribution in [2.24, 2.45) is 5.73 Å². The predicted molar refractivity (Wildman–Crippen MR) is 65.3 cm³/mol. The van der Waals surface area contributed by atoms with Crippen molar-refractivity contribution in [3.63, 3.8) is 0 Å². The van der Waals surface area contributed by atoms with Crippen molar-refractivity contribution < 1.29 is 9.53 Å². The van der Waals surface area contributed by atoms with Gasteiger partial charge in [0, 0.05) is 5.69 Å². The van der Waals surface area contributed by atoms with Crippen molar-refractivity contribution >= 4 is 34.8 Å². The van der Waals surface area contributed by atoms with E-state index in [-0.39, 0.29) is 5.91 Å². The summed E-state index contributed by atoms with van der Waals surface area (Å²) in [4.78, 5) is 11.3. The Morgan fingerprint density at radius 1 is 1.44 bits per heavy atom. The smallest absolute Gasteiger partial charge is 0.241 e. The molecule has 0 unspecified atom stereocenters. The minimum absolute atomic E-state index is 0.308. The first-order valence-corrected chi connectivity index (χ1v) is 5.30. The van der Waals surface area contributed by atoms with Crippen molar-refractivity contribution in [3.05, 3.63) is 22.2 Å². The lowest BCUT2D eigenvalue weighted by atomic mass is 10.2. The van der Waals surface area contributed by atoms with Gasteiger partial charge in [-0.15, -0.1) is 0 Å². The summed E-state index contributed by atoms with van der Waals surface area (Å²) < 4.78 is 4.98. The summed E-state index contributed by atoms with van der Waals surface area (Å²) in [6.45, 7) is 1.59. The van der Waals surface area contributed by atoms with E-state index in [0.29, 0.717) is 21.5 Å². The van der Waals surface area contributed by atoms with E-state index in [1.165, 1.54) is 7.11 Å². The Balaban J connectivity index is 2.96. The maximum Gasteiger partial charge on any atom is 0.241 e. The number of hydrogen-bond acceptors (Lipinski definition) is 3. The van der Waals surface area contributed by atoms with E-state index >= 15 is 0 Å². The van der Waals surface area contributed by atoms with Crippen LogP contribution in [0.1, 0.15) is 6.92 Å². The number of ether oxygens (including phenoxy) is 1. The molecule has 6 heteroatoms. The molecule has 0 spiro atoms. The van der Waals surface area contributed by atoms with Crippen LogP contribution in [0.4, 0.5) is 5.69 Å². The standard InChI is InChI=1S/C10H12Cl2N2O2/c1-5(13)10(15)14-6-3-7(11)9(16-2)8(12)4-6/h3-5H,13H2,1-2H3,(H,14,15)/t5-/m1/s1. The monoisotopic (exact) mass is 262 g/mol. The Labute approximate surface area is 104 Å². The van der Waals surface area contributed by atoms with Crippen LogP contribution in [0.5, 0.6) is 5.75 Å². The Morgan fingerprint density at radius 3 is 2.31 bits per heavy atom. The maximum atomic E-state index is 11.3.